The summed E-state index contributed by atoms with van der Waals surface area (Å²) in [6.07, 6.45) is 4.24. The predicted molar refractivity (Wildman–Crippen MR) is 97.3 cm³/mol. The first kappa shape index (κ1) is 18.8. The molecule has 0 atom stereocenters. The monoisotopic (exact) mass is 333 g/mol. The van der Waals surface area contributed by atoms with E-state index in [9.17, 15) is 4.79 Å². The van der Waals surface area contributed by atoms with Crippen molar-refractivity contribution in [1.29, 1.82) is 0 Å². The number of carbonyl (C=O) groups excluding carboxylic acids is 1. The summed E-state index contributed by atoms with van der Waals surface area (Å²) in [5.74, 6) is 1.57. The van der Waals surface area contributed by atoms with Gasteiger partial charge in [0.05, 0.1) is 19.7 Å². The number of carbonyl (C=O) groups is 1. The Balaban J connectivity index is 1.84. The first-order chi connectivity index (χ1) is 11.7. The van der Waals surface area contributed by atoms with E-state index in [1.54, 1.807) is 4.90 Å². The molecule has 1 saturated heterocycles. The lowest BCUT2D eigenvalue weighted by atomic mass is 9.95. The van der Waals surface area contributed by atoms with Gasteiger partial charge in [-0.2, -0.15) is 0 Å². The highest BCUT2D eigenvalue weighted by molar-refractivity contribution is 5.78. The van der Waals surface area contributed by atoms with Crippen molar-refractivity contribution in [2.75, 3.05) is 33.3 Å². The zero-order valence-corrected chi connectivity index (χ0v) is 15.5. The van der Waals surface area contributed by atoms with Crippen molar-refractivity contribution in [3.8, 4) is 5.75 Å². The van der Waals surface area contributed by atoms with Crippen molar-refractivity contribution >= 4 is 5.91 Å². The van der Waals surface area contributed by atoms with Gasteiger partial charge in [0.2, 0.25) is 5.91 Å². The summed E-state index contributed by atoms with van der Waals surface area (Å²) in [5, 5.41) is 0. The van der Waals surface area contributed by atoms with Crippen LogP contribution < -0.4 is 9.64 Å². The van der Waals surface area contributed by atoms with Gasteiger partial charge in [-0.05, 0) is 25.5 Å². The molecule has 24 heavy (non-hydrogen) atoms. The number of quaternary nitrogens is 1. The van der Waals surface area contributed by atoms with Crippen molar-refractivity contribution in [2.45, 2.75) is 46.1 Å². The summed E-state index contributed by atoms with van der Waals surface area (Å²) in [6.45, 7) is 8.91. The Morgan fingerprint density at radius 2 is 1.96 bits per heavy atom. The number of para-hydroxylation sites is 1. The van der Waals surface area contributed by atoms with Crippen LogP contribution in [0, 0.1) is 5.92 Å². The van der Waals surface area contributed by atoms with Gasteiger partial charge < -0.3 is 14.5 Å². The number of hydrogen-bond acceptors (Lipinski definition) is 2. The Kier molecular flexibility index (Phi) is 7.57. The van der Waals surface area contributed by atoms with Gasteiger partial charge in [0.15, 0.2) is 0 Å². The maximum atomic E-state index is 12.5. The van der Waals surface area contributed by atoms with Crippen LogP contribution in [0.4, 0.5) is 0 Å². The Hall–Kier alpha value is -1.55. The number of hydrogen-bond donors (Lipinski definition) is 1. The molecule has 0 bridgehead atoms. The lowest BCUT2D eigenvalue weighted by Gasteiger charge is -2.31. The van der Waals surface area contributed by atoms with Gasteiger partial charge >= 0.3 is 0 Å². The van der Waals surface area contributed by atoms with Crippen molar-refractivity contribution in [1.82, 2.24) is 4.90 Å². The molecular formula is C20H33N2O2+. The van der Waals surface area contributed by atoms with Gasteiger partial charge in [-0.25, -0.2) is 0 Å². The zero-order valence-electron chi connectivity index (χ0n) is 15.5. The standard InChI is InChI=1S/C20H32N2O2/c1-4-6-13-21(3)20(23)17-11-14-22(15-12-17)16-18-9-7-8-10-19(18)24-5-2/h7-10,17H,4-6,11-16H2,1-3H3/p+1. The number of nitrogens with one attached hydrogen (secondary N) is 1. The Labute approximate surface area is 146 Å². The maximum absolute atomic E-state index is 12.5. The summed E-state index contributed by atoms with van der Waals surface area (Å²) in [5.41, 5.74) is 1.28. The number of amides is 1. The minimum atomic E-state index is 0.220. The predicted octanol–water partition coefficient (Wildman–Crippen LogP) is 2.14. The summed E-state index contributed by atoms with van der Waals surface area (Å²) in [6, 6.07) is 8.32. The van der Waals surface area contributed by atoms with E-state index in [0.29, 0.717) is 12.5 Å². The molecule has 2 rings (SSSR count). The molecule has 1 fully saturated rings. The molecule has 4 heteroatoms. The van der Waals surface area contributed by atoms with E-state index in [1.165, 1.54) is 5.56 Å². The van der Waals surface area contributed by atoms with Crippen molar-refractivity contribution < 1.29 is 14.4 Å². The molecule has 0 radical (unpaired) electrons. The summed E-state index contributed by atoms with van der Waals surface area (Å²) in [7, 11) is 1.95. The van der Waals surface area contributed by atoms with Gasteiger partial charge in [-0.15, -0.1) is 0 Å². The molecule has 1 aliphatic heterocycles. The number of ether oxygens (including phenoxy) is 1. The quantitative estimate of drug-likeness (QED) is 0.791. The number of benzene rings is 1. The van der Waals surface area contributed by atoms with Crippen molar-refractivity contribution in [3.63, 3.8) is 0 Å². The van der Waals surface area contributed by atoms with E-state index in [4.69, 9.17) is 4.74 Å². The number of nitrogens with zero attached hydrogens (tertiary/aromatic N) is 1. The number of piperidine rings is 1. The van der Waals surface area contributed by atoms with Crippen LogP contribution in [0.3, 0.4) is 0 Å². The number of unbranched alkanes of at least 4 members (excludes halogenated alkanes) is 1. The van der Waals surface area contributed by atoms with E-state index >= 15 is 0 Å². The fraction of sp³-hybridized carbons (Fsp3) is 0.650. The first-order valence-electron chi connectivity index (χ1n) is 9.44. The zero-order chi connectivity index (χ0) is 17.4. The fourth-order valence-corrected chi connectivity index (χ4v) is 3.48. The molecule has 1 N–H and O–H groups in total. The minimum Gasteiger partial charge on any atom is -0.493 e. The average molecular weight is 333 g/mol. The van der Waals surface area contributed by atoms with Crippen LogP contribution in [0.5, 0.6) is 5.75 Å². The molecular weight excluding hydrogens is 300 g/mol. The van der Waals surface area contributed by atoms with Crippen LogP contribution in [0.25, 0.3) is 0 Å². The van der Waals surface area contributed by atoms with Crippen LogP contribution in [0.15, 0.2) is 24.3 Å². The maximum Gasteiger partial charge on any atom is 0.225 e. The second-order valence-corrected chi connectivity index (χ2v) is 6.86. The van der Waals surface area contributed by atoms with E-state index in [0.717, 1.165) is 57.6 Å². The molecule has 1 aromatic rings. The lowest BCUT2D eigenvalue weighted by Crippen LogP contribution is -3.11. The van der Waals surface area contributed by atoms with Gasteiger partial charge in [0.25, 0.3) is 0 Å². The van der Waals surface area contributed by atoms with Crippen LogP contribution >= 0.6 is 0 Å². The Morgan fingerprint density at radius 3 is 2.62 bits per heavy atom. The van der Waals surface area contributed by atoms with Gasteiger partial charge in [-0.3, -0.25) is 4.79 Å². The molecule has 0 spiro atoms. The van der Waals surface area contributed by atoms with E-state index in [-0.39, 0.29) is 5.92 Å². The smallest absolute Gasteiger partial charge is 0.225 e. The largest absolute Gasteiger partial charge is 0.493 e. The average Bonchev–Trinajstić information content (AvgIpc) is 2.61. The van der Waals surface area contributed by atoms with Crippen molar-refractivity contribution in [3.05, 3.63) is 29.8 Å². The highest BCUT2D eigenvalue weighted by Crippen LogP contribution is 2.18. The molecule has 1 aliphatic rings. The van der Waals surface area contributed by atoms with Crippen LogP contribution in [0.2, 0.25) is 0 Å². The summed E-state index contributed by atoms with van der Waals surface area (Å²) >= 11 is 0. The van der Waals surface area contributed by atoms with Crippen LogP contribution in [-0.4, -0.2) is 44.1 Å². The second kappa shape index (κ2) is 9.67. The second-order valence-electron chi connectivity index (χ2n) is 6.86. The Morgan fingerprint density at radius 1 is 1.25 bits per heavy atom. The fourth-order valence-electron chi connectivity index (χ4n) is 3.48. The summed E-state index contributed by atoms with van der Waals surface area (Å²) in [4.78, 5) is 16.0. The van der Waals surface area contributed by atoms with Crippen LogP contribution in [-0.2, 0) is 11.3 Å². The third kappa shape index (κ3) is 5.23. The van der Waals surface area contributed by atoms with Crippen molar-refractivity contribution in [2.24, 2.45) is 5.92 Å². The number of likely N-dealkylation sites (tertiary alicyclic amines) is 1. The third-order valence-electron chi connectivity index (χ3n) is 4.98. The molecule has 4 nitrogen and oxygen atoms in total. The lowest BCUT2D eigenvalue weighted by molar-refractivity contribution is -0.919. The first-order valence-corrected chi connectivity index (χ1v) is 9.44. The van der Waals surface area contributed by atoms with Gasteiger partial charge in [0, 0.05) is 37.9 Å². The SMILES string of the molecule is CCCCN(C)C(=O)C1CC[NH+](Cc2ccccc2OCC)CC1. The molecule has 0 aromatic heterocycles. The Bertz CT molecular complexity index is 510. The number of rotatable bonds is 8. The van der Waals surface area contributed by atoms with Gasteiger partial charge in [0.1, 0.15) is 12.3 Å². The molecule has 1 aromatic carbocycles. The highest BCUT2D eigenvalue weighted by Gasteiger charge is 2.29. The minimum absolute atomic E-state index is 0.220. The molecule has 1 amide bonds. The van der Waals surface area contributed by atoms with E-state index < -0.39 is 0 Å². The third-order valence-corrected chi connectivity index (χ3v) is 4.98. The summed E-state index contributed by atoms with van der Waals surface area (Å²) < 4.78 is 5.73. The molecule has 1 heterocycles. The van der Waals surface area contributed by atoms with Gasteiger partial charge in [-0.1, -0.05) is 25.5 Å². The van der Waals surface area contributed by atoms with E-state index in [2.05, 4.69) is 25.1 Å². The molecule has 134 valence electrons. The highest BCUT2D eigenvalue weighted by atomic mass is 16.5. The normalized spacial score (nSPS) is 20.6. The topological polar surface area (TPSA) is 34.0 Å². The molecule has 0 aliphatic carbocycles. The van der Waals surface area contributed by atoms with E-state index in [1.807, 2.05) is 24.9 Å². The molecule has 0 saturated carbocycles. The van der Waals surface area contributed by atoms with Crippen LogP contribution in [0.1, 0.15) is 45.1 Å². The molecule has 0 unspecified atom stereocenters.